The number of halogens is 1. The van der Waals surface area contributed by atoms with Crippen LogP contribution in [0.1, 0.15) is 10.4 Å². The predicted molar refractivity (Wildman–Crippen MR) is 106 cm³/mol. The van der Waals surface area contributed by atoms with Crippen molar-refractivity contribution in [3.8, 4) is 23.0 Å². The molecule has 1 heterocycles. The summed E-state index contributed by atoms with van der Waals surface area (Å²) < 4.78 is 11.3. The molecule has 0 fully saturated rings. The van der Waals surface area contributed by atoms with Crippen molar-refractivity contribution in [1.82, 2.24) is 10.2 Å². The maximum Gasteiger partial charge on any atom is 0.322 e. The SMILES string of the molecule is O=C(Nc1nnc(-c2ccccc2)o1)c1ccccc1Oc1ccc(Cl)cc1. The second-order valence-electron chi connectivity index (χ2n) is 5.78. The summed E-state index contributed by atoms with van der Waals surface area (Å²) >= 11 is 5.89. The number of para-hydroxylation sites is 1. The van der Waals surface area contributed by atoms with Crippen LogP contribution in [0, 0.1) is 0 Å². The Morgan fingerprint density at radius 2 is 1.61 bits per heavy atom. The van der Waals surface area contributed by atoms with Gasteiger partial charge in [-0.25, -0.2) is 0 Å². The molecule has 0 bridgehead atoms. The van der Waals surface area contributed by atoms with Crippen LogP contribution in [0.4, 0.5) is 6.01 Å². The molecule has 0 aliphatic heterocycles. The lowest BCUT2D eigenvalue weighted by atomic mass is 10.2. The predicted octanol–water partition coefficient (Wildman–Crippen LogP) is 5.43. The molecule has 0 spiro atoms. The zero-order chi connectivity index (χ0) is 19.3. The monoisotopic (exact) mass is 391 g/mol. The van der Waals surface area contributed by atoms with Gasteiger partial charge in [-0.3, -0.25) is 10.1 Å². The van der Waals surface area contributed by atoms with Crippen LogP contribution in [0.15, 0.2) is 83.3 Å². The quantitative estimate of drug-likeness (QED) is 0.490. The molecule has 0 atom stereocenters. The Bertz CT molecular complexity index is 1100. The number of rotatable bonds is 5. The average Bonchev–Trinajstić information content (AvgIpc) is 3.19. The highest BCUT2D eigenvalue weighted by Gasteiger charge is 2.16. The van der Waals surface area contributed by atoms with E-state index in [1.807, 2.05) is 30.3 Å². The molecule has 28 heavy (non-hydrogen) atoms. The van der Waals surface area contributed by atoms with E-state index >= 15 is 0 Å². The van der Waals surface area contributed by atoms with Gasteiger partial charge < -0.3 is 9.15 Å². The van der Waals surface area contributed by atoms with E-state index in [0.717, 1.165) is 5.56 Å². The number of amides is 1. The van der Waals surface area contributed by atoms with E-state index in [9.17, 15) is 4.79 Å². The van der Waals surface area contributed by atoms with Gasteiger partial charge in [0.15, 0.2) is 0 Å². The van der Waals surface area contributed by atoms with E-state index in [1.54, 1.807) is 48.5 Å². The molecule has 1 aromatic heterocycles. The summed E-state index contributed by atoms with van der Waals surface area (Å²) in [5.41, 5.74) is 1.10. The highest BCUT2D eigenvalue weighted by Crippen LogP contribution is 2.27. The Labute approximate surface area is 165 Å². The third-order valence-electron chi connectivity index (χ3n) is 3.84. The van der Waals surface area contributed by atoms with Crippen LogP contribution in [0.2, 0.25) is 5.02 Å². The lowest BCUT2D eigenvalue weighted by Crippen LogP contribution is -2.13. The molecule has 0 aliphatic rings. The molecule has 3 aromatic carbocycles. The maximum absolute atomic E-state index is 12.7. The van der Waals surface area contributed by atoms with E-state index in [1.165, 1.54) is 0 Å². The Balaban J connectivity index is 1.53. The number of anilines is 1. The van der Waals surface area contributed by atoms with Gasteiger partial charge in [-0.1, -0.05) is 47.0 Å². The number of carbonyl (C=O) groups excluding carboxylic acids is 1. The van der Waals surface area contributed by atoms with Gasteiger partial charge in [0.1, 0.15) is 11.5 Å². The zero-order valence-electron chi connectivity index (χ0n) is 14.5. The Morgan fingerprint density at radius 1 is 0.893 bits per heavy atom. The summed E-state index contributed by atoms with van der Waals surface area (Å²) in [6.45, 7) is 0. The fourth-order valence-electron chi connectivity index (χ4n) is 2.51. The molecule has 6 nitrogen and oxygen atoms in total. The van der Waals surface area contributed by atoms with Crippen molar-refractivity contribution in [3.63, 3.8) is 0 Å². The fourth-order valence-corrected chi connectivity index (χ4v) is 2.63. The van der Waals surface area contributed by atoms with Crippen molar-refractivity contribution in [1.29, 1.82) is 0 Å². The molecule has 0 radical (unpaired) electrons. The Kier molecular flexibility index (Phi) is 5.03. The van der Waals surface area contributed by atoms with E-state index in [4.69, 9.17) is 20.8 Å². The van der Waals surface area contributed by atoms with E-state index < -0.39 is 5.91 Å². The summed E-state index contributed by atoms with van der Waals surface area (Å²) in [6, 6.07) is 23.0. The minimum atomic E-state index is -0.423. The van der Waals surface area contributed by atoms with Gasteiger partial charge in [0.2, 0.25) is 5.89 Å². The Morgan fingerprint density at radius 3 is 2.39 bits per heavy atom. The lowest BCUT2D eigenvalue weighted by molar-refractivity contribution is 0.102. The molecule has 138 valence electrons. The number of hydrogen-bond acceptors (Lipinski definition) is 5. The fraction of sp³-hybridized carbons (Fsp3) is 0. The van der Waals surface area contributed by atoms with Crippen LogP contribution in [0.3, 0.4) is 0 Å². The number of carbonyl (C=O) groups is 1. The van der Waals surface area contributed by atoms with Gasteiger partial charge in [0.05, 0.1) is 5.56 Å². The summed E-state index contributed by atoms with van der Waals surface area (Å²) in [6.07, 6.45) is 0. The van der Waals surface area contributed by atoms with Crippen molar-refractivity contribution in [2.24, 2.45) is 0 Å². The molecule has 0 unspecified atom stereocenters. The molecule has 4 aromatic rings. The smallest absolute Gasteiger partial charge is 0.322 e. The zero-order valence-corrected chi connectivity index (χ0v) is 15.3. The minimum absolute atomic E-state index is 0.00477. The van der Waals surface area contributed by atoms with Crippen molar-refractivity contribution in [2.75, 3.05) is 5.32 Å². The van der Waals surface area contributed by atoms with E-state index in [2.05, 4.69) is 15.5 Å². The number of ether oxygens (including phenoxy) is 1. The molecule has 1 N–H and O–H groups in total. The van der Waals surface area contributed by atoms with Gasteiger partial charge in [0, 0.05) is 10.6 Å². The second-order valence-corrected chi connectivity index (χ2v) is 6.22. The first-order valence-electron chi connectivity index (χ1n) is 8.42. The van der Waals surface area contributed by atoms with Gasteiger partial charge in [0.25, 0.3) is 5.91 Å². The number of benzene rings is 3. The topological polar surface area (TPSA) is 77.3 Å². The summed E-state index contributed by atoms with van der Waals surface area (Å²) in [4.78, 5) is 12.7. The third kappa shape index (κ3) is 4.02. The van der Waals surface area contributed by atoms with Gasteiger partial charge in [-0.15, -0.1) is 5.10 Å². The van der Waals surface area contributed by atoms with Crippen LogP contribution in [0.5, 0.6) is 11.5 Å². The van der Waals surface area contributed by atoms with Crippen LogP contribution >= 0.6 is 11.6 Å². The second kappa shape index (κ2) is 7.94. The van der Waals surface area contributed by atoms with Gasteiger partial charge in [-0.05, 0) is 48.5 Å². The molecule has 4 rings (SSSR count). The average molecular weight is 392 g/mol. The van der Waals surface area contributed by atoms with Gasteiger partial charge >= 0.3 is 6.01 Å². The highest BCUT2D eigenvalue weighted by atomic mass is 35.5. The molecule has 0 aliphatic carbocycles. The van der Waals surface area contributed by atoms with E-state index in [0.29, 0.717) is 28.0 Å². The first-order chi connectivity index (χ1) is 13.7. The molecule has 7 heteroatoms. The minimum Gasteiger partial charge on any atom is -0.457 e. The largest absolute Gasteiger partial charge is 0.457 e. The molecular weight excluding hydrogens is 378 g/mol. The maximum atomic E-state index is 12.7. The summed E-state index contributed by atoms with van der Waals surface area (Å²) in [5.74, 6) is 0.855. The normalized spacial score (nSPS) is 10.5. The van der Waals surface area contributed by atoms with Crippen LogP contribution in [-0.4, -0.2) is 16.1 Å². The molecule has 0 saturated carbocycles. The molecule has 0 saturated heterocycles. The van der Waals surface area contributed by atoms with Crippen molar-refractivity contribution in [2.45, 2.75) is 0 Å². The number of aromatic nitrogens is 2. The van der Waals surface area contributed by atoms with Crippen LogP contribution in [0.25, 0.3) is 11.5 Å². The van der Waals surface area contributed by atoms with Crippen molar-refractivity contribution >= 4 is 23.5 Å². The number of hydrogen-bond donors (Lipinski definition) is 1. The van der Waals surface area contributed by atoms with E-state index in [-0.39, 0.29) is 6.01 Å². The van der Waals surface area contributed by atoms with Gasteiger partial charge in [-0.2, -0.15) is 0 Å². The first kappa shape index (κ1) is 17.8. The van der Waals surface area contributed by atoms with Crippen LogP contribution in [-0.2, 0) is 0 Å². The summed E-state index contributed by atoms with van der Waals surface area (Å²) in [7, 11) is 0. The Hall–Kier alpha value is -3.64. The lowest BCUT2D eigenvalue weighted by Gasteiger charge is -2.10. The molecule has 1 amide bonds. The first-order valence-corrected chi connectivity index (χ1v) is 8.79. The third-order valence-corrected chi connectivity index (χ3v) is 4.09. The summed E-state index contributed by atoms with van der Waals surface area (Å²) in [5, 5.41) is 11.0. The number of nitrogens with zero attached hydrogens (tertiary/aromatic N) is 2. The van der Waals surface area contributed by atoms with Crippen molar-refractivity contribution in [3.05, 3.63) is 89.4 Å². The van der Waals surface area contributed by atoms with Crippen LogP contribution < -0.4 is 10.1 Å². The molecular formula is C21H14ClN3O3. The standard InChI is InChI=1S/C21H14ClN3O3/c22-15-10-12-16(13-11-15)27-18-9-5-4-8-17(18)19(26)23-21-25-24-20(28-21)14-6-2-1-3-7-14/h1-13H,(H,23,25,26). The number of nitrogens with one attached hydrogen (secondary N) is 1. The van der Waals surface area contributed by atoms with Crippen molar-refractivity contribution < 1.29 is 13.9 Å². The highest BCUT2D eigenvalue weighted by molar-refractivity contribution is 6.30.